The van der Waals surface area contributed by atoms with E-state index in [2.05, 4.69) is 15.8 Å². The molecule has 1 unspecified atom stereocenters. The molecule has 0 saturated carbocycles. The molecule has 0 fully saturated rings. The van der Waals surface area contributed by atoms with Crippen LogP contribution >= 0.6 is 0 Å². The first-order valence-electron chi connectivity index (χ1n) is 8.62. The largest absolute Gasteiger partial charge is 0.489 e. The smallest absolute Gasteiger partial charge is 0.274 e. The Morgan fingerprint density at radius 2 is 2.04 bits per heavy atom. The molecule has 2 amide bonds. The summed E-state index contributed by atoms with van der Waals surface area (Å²) in [6.45, 7) is -0.0923. The van der Waals surface area contributed by atoms with Crippen LogP contribution in [0, 0.1) is 5.82 Å². The van der Waals surface area contributed by atoms with Gasteiger partial charge in [-0.3, -0.25) is 9.59 Å². The third-order valence-electron chi connectivity index (χ3n) is 4.24. The van der Waals surface area contributed by atoms with E-state index < -0.39 is 23.7 Å². The third kappa shape index (κ3) is 3.85. The van der Waals surface area contributed by atoms with Crippen molar-refractivity contribution >= 4 is 17.5 Å². The van der Waals surface area contributed by atoms with Crippen LogP contribution in [-0.2, 0) is 11.2 Å². The van der Waals surface area contributed by atoms with Crippen LogP contribution in [0.3, 0.4) is 0 Å². The Balaban J connectivity index is 1.42. The van der Waals surface area contributed by atoms with Crippen molar-refractivity contribution < 1.29 is 23.2 Å². The van der Waals surface area contributed by atoms with Crippen LogP contribution in [0.5, 0.6) is 5.75 Å². The van der Waals surface area contributed by atoms with E-state index in [0.717, 1.165) is 11.6 Å². The van der Waals surface area contributed by atoms with Gasteiger partial charge in [0.2, 0.25) is 0 Å². The summed E-state index contributed by atoms with van der Waals surface area (Å²) in [6.07, 6.45) is 0.495. The van der Waals surface area contributed by atoms with Crippen molar-refractivity contribution in [3.05, 3.63) is 77.4 Å². The number of carbonyl (C=O) groups is 2. The summed E-state index contributed by atoms with van der Waals surface area (Å²) in [4.78, 5) is 24.8. The van der Waals surface area contributed by atoms with Crippen LogP contribution in [0.15, 0.2) is 59.1 Å². The minimum Gasteiger partial charge on any atom is -0.489 e. The molecule has 1 aromatic heterocycles. The lowest BCUT2D eigenvalue weighted by Crippen LogP contribution is -2.46. The highest BCUT2D eigenvalue weighted by Crippen LogP contribution is 2.27. The first-order chi connectivity index (χ1) is 13.6. The molecule has 8 heteroatoms. The zero-order chi connectivity index (χ0) is 19.5. The Hall–Kier alpha value is -3.68. The number of nitrogens with one attached hydrogen (secondary N) is 2. The Labute approximate surface area is 159 Å². The fraction of sp³-hybridized carbons (Fsp3) is 0.150. The van der Waals surface area contributed by atoms with Gasteiger partial charge in [0.05, 0.1) is 5.69 Å². The van der Waals surface area contributed by atoms with Gasteiger partial charge in [-0.15, -0.1) is 0 Å². The molecule has 1 atom stereocenters. The monoisotopic (exact) mass is 381 g/mol. The number of nitrogens with zero attached hydrogens (tertiary/aromatic N) is 1. The number of benzene rings is 2. The van der Waals surface area contributed by atoms with Gasteiger partial charge in [0.1, 0.15) is 30.0 Å². The zero-order valence-corrected chi connectivity index (χ0v) is 14.6. The molecule has 7 nitrogen and oxygen atoms in total. The molecule has 2 aromatic carbocycles. The summed E-state index contributed by atoms with van der Waals surface area (Å²) >= 11 is 0. The average Bonchev–Trinajstić information content (AvgIpc) is 3.09. The van der Waals surface area contributed by atoms with E-state index in [1.165, 1.54) is 18.2 Å². The normalized spacial score (nSPS) is 15.8. The van der Waals surface area contributed by atoms with E-state index in [0.29, 0.717) is 17.9 Å². The Kier molecular flexibility index (Phi) is 4.76. The van der Waals surface area contributed by atoms with Crippen molar-refractivity contribution in [3.8, 4) is 5.75 Å². The predicted molar refractivity (Wildman–Crippen MR) is 97.5 cm³/mol. The van der Waals surface area contributed by atoms with Crippen LogP contribution in [0.1, 0.15) is 21.8 Å². The minimum absolute atomic E-state index is 0.0616. The predicted octanol–water partition coefficient (Wildman–Crippen LogP) is 2.53. The number of aromatic nitrogens is 1. The summed E-state index contributed by atoms with van der Waals surface area (Å²) in [7, 11) is 0. The Morgan fingerprint density at radius 3 is 2.86 bits per heavy atom. The van der Waals surface area contributed by atoms with Crippen LogP contribution in [0.2, 0.25) is 0 Å². The van der Waals surface area contributed by atoms with Crippen LogP contribution in [0.4, 0.5) is 10.1 Å². The van der Waals surface area contributed by atoms with E-state index >= 15 is 0 Å². The number of fused-ring (bicyclic) bond motifs is 1. The minimum atomic E-state index is -0.961. The van der Waals surface area contributed by atoms with Crippen molar-refractivity contribution in [1.29, 1.82) is 0 Å². The van der Waals surface area contributed by atoms with Crippen LogP contribution in [0.25, 0.3) is 0 Å². The second-order valence-corrected chi connectivity index (χ2v) is 6.31. The number of hydrogen-bond acceptors (Lipinski definition) is 5. The molecule has 4 rings (SSSR count). The summed E-state index contributed by atoms with van der Waals surface area (Å²) in [6, 6.07) is 14.0. The van der Waals surface area contributed by atoms with E-state index in [1.54, 1.807) is 0 Å². The van der Waals surface area contributed by atoms with Gasteiger partial charge in [0, 0.05) is 18.6 Å². The molecular weight excluding hydrogens is 365 g/mol. The van der Waals surface area contributed by atoms with Gasteiger partial charge in [0.15, 0.2) is 5.69 Å². The molecule has 0 saturated heterocycles. The van der Waals surface area contributed by atoms with E-state index in [-0.39, 0.29) is 18.0 Å². The maximum Gasteiger partial charge on any atom is 0.274 e. The lowest BCUT2D eigenvalue weighted by molar-refractivity contribution is -0.118. The molecule has 0 radical (unpaired) electrons. The molecular formula is C20H16FN3O4. The first kappa shape index (κ1) is 17.7. The average molecular weight is 381 g/mol. The first-order valence-corrected chi connectivity index (χ1v) is 8.62. The highest BCUT2D eigenvalue weighted by atomic mass is 19.1. The van der Waals surface area contributed by atoms with Gasteiger partial charge < -0.3 is 19.9 Å². The van der Waals surface area contributed by atoms with Gasteiger partial charge in [-0.25, -0.2) is 4.39 Å². The maximum absolute atomic E-state index is 13.3. The van der Waals surface area contributed by atoms with E-state index in [9.17, 15) is 14.0 Å². The molecule has 0 aliphatic carbocycles. The van der Waals surface area contributed by atoms with Crippen molar-refractivity contribution in [3.63, 3.8) is 0 Å². The number of amides is 2. The summed E-state index contributed by atoms with van der Waals surface area (Å²) in [5, 5.41) is 8.87. The molecule has 1 aliphatic rings. The fourth-order valence-corrected chi connectivity index (χ4v) is 2.83. The van der Waals surface area contributed by atoms with Crippen LogP contribution < -0.4 is 15.4 Å². The number of ether oxygens (including phenoxy) is 1. The number of halogens is 1. The van der Waals surface area contributed by atoms with Gasteiger partial charge in [0.25, 0.3) is 11.8 Å². The van der Waals surface area contributed by atoms with Crippen LogP contribution in [-0.4, -0.2) is 29.6 Å². The number of anilines is 1. The van der Waals surface area contributed by atoms with Gasteiger partial charge in [-0.2, -0.15) is 0 Å². The second-order valence-electron chi connectivity index (χ2n) is 6.31. The molecule has 0 spiro atoms. The molecule has 142 valence electrons. The van der Waals surface area contributed by atoms with E-state index in [4.69, 9.17) is 9.26 Å². The standard InChI is InChI=1S/C20H16FN3O4/c21-13-6-7-18-15(9-13)22-20(26)17(11-27-18)23-19(25)16-10-14(28-24-16)8-12-4-2-1-3-5-12/h1-7,9-10,17H,8,11H2,(H,22,26)(H,23,25). The topological polar surface area (TPSA) is 93.5 Å². The maximum atomic E-state index is 13.3. The molecule has 28 heavy (non-hydrogen) atoms. The fourth-order valence-electron chi connectivity index (χ4n) is 2.83. The van der Waals surface area contributed by atoms with Gasteiger partial charge in [-0.1, -0.05) is 35.5 Å². The lowest BCUT2D eigenvalue weighted by Gasteiger charge is -2.13. The highest BCUT2D eigenvalue weighted by molar-refractivity contribution is 6.01. The highest BCUT2D eigenvalue weighted by Gasteiger charge is 2.28. The molecule has 2 heterocycles. The number of hydrogen-bond donors (Lipinski definition) is 2. The van der Waals surface area contributed by atoms with Crippen molar-refractivity contribution in [1.82, 2.24) is 10.5 Å². The lowest BCUT2D eigenvalue weighted by atomic mass is 10.1. The van der Waals surface area contributed by atoms with Gasteiger partial charge in [-0.05, 0) is 17.7 Å². The van der Waals surface area contributed by atoms with E-state index in [1.807, 2.05) is 30.3 Å². The summed E-state index contributed by atoms with van der Waals surface area (Å²) < 4.78 is 24.1. The quantitative estimate of drug-likeness (QED) is 0.724. The SMILES string of the molecule is O=C(NC1COc2ccc(F)cc2NC1=O)c1cc(Cc2ccccc2)on1. The van der Waals surface area contributed by atoms with Crippen molar-refractivity contribution in [2.75, 3.05) is 11.9 Å². The molecule has 1 aliphatic heterocycles. The summed E-state index contributed by atoms with van der Waals surface area (Å²) in [5.41, 5.74) is 1.30. The summed E-state index contributed by atoms with van der Waals surface area (Å²) in [5.74, 6) is -0.716. The van der Waals surface area contributed by atoms with Crippen molar-refractivity contribution in [2.24, 2.45) is 0 Å². The van der Waals surface area contributed by atoms with Crippen molar-refractivity contribution in [2.45, 2.75) is 12.5 Å². The Morgan fingerprint density at radius 1 is 1.21 bits per heavy atom. The second kappa shape index (κ2) is 7.51. The van der Waals surface area contributed by atoms with Gasteiger partial charge >= 0.3 is 0 Å². The molecule has 3 aromatic rings. The zero-order valence-electron chi connectivity index (χ0n) is 14.6. The molecule has 0 bridgehead atoms. The number of rotatable bonds is 4. The third-order valence-corrected chi connectivity index (χ3v) is 4.24. The Bertz CT molecular complexity index is 1020. The molecule has 2 N–H and O–H groups in total. The number of carbonyl (C=O) groups excluding carboxylic acids is 2.